The van der Waals surface area contributed by atoms with Crippen molar-refractivity contribution in [2.24, 2.45) is 0 Å². The Morgan fingerprint density at radius 2 is 1.32 bits per heavy atom. The second kappa shape index (κ2) is 11.2. The molecule has 2 aromatic rings. The number of hydrogen-bond acceptors (Lipinski definition) is 4. The molecule has 1 aliphatic rings. The highest BCUT2D eigenvalue weighted by atomic mass is 16.7. The fraction of sp³-hybridized carbons (Fsp3) is 0.435. The van der Waals surface area contributed by atoms with E-state index in [1.54, 1.807) is 14.0 Å². The zero-order valence-electron chi connectivity index (χ0n) is 18.1. The molecule has 1 fully saturated rings. The maximum Gasteiger partial charge on any atom is 0.488 e. The van der Waals surface area contributed by atoms with Crippen molar-refractivity contribution >= 4 is 13.5 Å². The predicted molar refractivity (Wildman–Crippen MR) is 114 cm³/mol. The van der Waals surface area contributed by atoms with E-state index < -0.39 is 0 Å². The minimum Gasteiger partial charge on any atom is -0.405 e. The molecule has 0 aliphatic carbocycles. The van der Waals surface area contributed by atoms with Gasteiger partial charge in [-0.25, -0.2) is 0 Å². The van der Waals surface area contributed by atoms with E-state index in [1.807, 2.05) is 83.1 Å². The molecule has 1 saturated heterocycles. The van der Waals surface area contributed by atoms with Crippen LogP contribution in [0.4, 0.5) is 0 Å². The third-order valence-corrected chi connectivity index (χ3v) is 4.94. The highest BCUT2D eigenvalue weighted by Crippen LogP contribution is 2.33. The first-order valence-electron chi connectivity index (χ1n) is 9.42. The average Bonchev–Trinajstić information content (AvgIpc) is 2.94. The van der Waals surface area contributed by atoms with E-state index in [0.717, 1.165) is 5.56 Å². The number of ketones is 1. The van der Waals surface area contributed by atoms with Crippen molar-refractivity contribution in [1.82, 2.24) is 0 Å². The van der Waals surface area contributed by atoms with Gasteiger partial charge in [0.2, 0.25) is 0 Å². The Hall–Kier alpha value is -1.95. The second-order valence-electron chi connectivity index (χ2n) is 7.56. The standard InChI is InChI=1S/C9H12O.C8H8O.C6H12BO2/c1-8(10-2)9-6-4-3-5-7-9;1-7(9)8-5-3-2-4-6-8;1-5(2)6(3,4)9-7-8-5/h3-8H,1-2H3;2-6H,1H3;1-4H3. The van der Waals surface area contributed by atoms with Crippen LogP contribution in [0.5, 0.6) is 0 Å². The Morgan fingerprint density at radius 1 is 0.893 bits per heavy atom. The number of carbonyl (C=O) groups excluding carboxylic acids is 1. The van der Waals surface area contributed by atoms with Gasteiger partial charge in [0.25, 0.3) is 0 Å². The van der Waals surface area contributed by atoms with E-state index in [9.17, 15) is 4.79 Å². The van der Waals surface area contributed by atoms with Gasteiger partial charge in [0.1, 0.15) is 0 Å². The van der Waals surface area contributed by atoms with Crippen LogP contribution in [0.2, 0.25) is 0 Å². The molecule has 0 saturated carbocycles. The van der Waals surface area contributed by atoms with Gasteiger partial charge in [-0.3, -0.25) is 4.79 Å². The van der Waals surface area contributed by atoms with Crippen molar-refractivity contribution in [1.29, 1.82) is 0 Å². The minimum atomic E-state index is -0.188. The zero-order chi connectivity index (χ0) is 21.2. The molecule has 4 nitrogen and oxygen atoms in total. The SMILES string of the molecule is CC(=O)c1ccccc1.CC1(C)O[B]OC1(C)C.COC(C)c1ccccc1. The predicted octanol–water partition coefficient (Wildman–Crippen LogP) is 5.41. The Balaban J connectivity index is 0.000000210. The van der Waals surface area contributed by atoms with E-state index in [1.165, 1.54) is 13.2 Å². The van der Waals surface area contributed by atoms with Crippen molar-refractivity contribution in [2.75, 3.05) is 7.11 Å². The molecule has 0 N–H and O–H groups in total. The van der Waals surface area contributed by atoms with Gasteiger partial charge in [-0.05, 0) is 47.1 Å². The number of rotatable bonds is 3. The van der Waals surface area contributed by atoms with Gasteiger partial charge in [-0.2, -0.15) is 0 Å². The summed E-state index contributed by atoms with van der Waals surface area (Å²) in [6.07, 6.45) is 0.209. The molecule has 1 unspecified atom stereocenters. The molecule has 2 aromatic carbocycles. The zero-order valence-corrected chi connectivity index (χ0v) is 18.1. The third-order valence-electron chi connectivity index (χ3n) is 4.94. The lowest BCUT2D eigenvalue weighted by Crippen LogP contribution is -2.41. The monoisotopic (exact) mass is 383 g/mol. The summed E-state index contributed by atoms with van der Waals surface area (Å²) in [7, 11) is 3.14. The maximum atomic E-state index is 10.6. The number of benzene rings is 2. The van der Waals surface area contributed by atoms with Crippen LogP contribution in [-0.2, 0) is 14.0 Å². The molecule has 0 aromatic heterocycles. The van der Waals surface area contributed by atoms with E-state index in [4.69, 9.17) is 14.0 Å². The average molecular weight is 383 g/mol. The topological polar surface area (TPSA) is 44.8 Å². The Labute approximate surface area is 170 Å². The molecule has 3 rings (SSSR count). The van der Waals surface area contributed by atoms with Gasteiger partial charge < -0.3 is 14.0 Å². The van der Waals surface area contributed by atoms with Crippen molar-refractivity contribution in [3.05, 3.63) is 71.8 Å². The van der Waals surface area contributed by atoms with Crippen LogP contribution in [0.1, 0.15) is 63.6 Å². The fourth-order valence-electron chi connectivity index (χ4n) is 2.08. The number of methoxy groups -OCH3 is 1. The number of hydrogen-bond donors (Lipinski definition) is 0. The van der Waals surface area contributed by atoms with Crippen LogP contribution < -0.4 is 0 Å². The van der Waals surface area contributed by atoms with Crippen LogP contribution in [-0.4, -0.2) is 31.8 Å². The van der Waals surface area contributed by atoms with Gasteiger partial charge in [-0.1, -0.05) is 60.7 Å². The van der Waals surface area contributed by atoms with Gasteiger partial charge >= 0.3 is 7.69 Å². The first-order chi connectivity index (χ1) is 13.1. The molecule has 28 heavy (non-hydrogen) atoms. The van der Waals surface area contributed by atoms with Gasteiger partial charge in [0.15, 0.2) is 5.78 Å². The Morgan fingerprint density at radius 3 is 1.61 bits per heavy atom. The van der Waals surface area contributed by atoms with Crippen LogP contribution >= 0.6 is 0 Å². The maximum absolute atomic E-state index is 10.6. The smallest absolute Gasteiger partial charge is 0.405 e. The van der Waals surface area contributed by atoms with Crippen LogP contribution in [0.15, 0.2) is 60.7 Å². The lowest BCUT2D eigenvalue weighted by atomic mass is 9.90. The Bertz CT molecular complexity index is 685. The summed E-state index contributed by atoms with van der Waals surface area (Å²) in [6.45, 7) is 11.6. The second-order valence-corrected chi connectivity index (χ2v) is 7.56. The van der Waals surface area contributed by atoms with Gasteiger partial charge in [0, 0.05) is 12.7 Å². The molecular formula is C23H32BO4. The first-order valence-corrected chi connectivity index (χ1v) is 9.42. The third kappa shape index (κ3) is 7.59. The molecule has 1 aliphatic heterocycles. The van der Waals surface area contributed by atoms with E-state index in [-0.39, 0.29) is 23.1 Å². The lowest BCUT2D eigenvalue weighted by molar-refractivity contribution is 0.00578. The summed E-state index contributed by atoms with van der Waals surface area (Å²) in [5, 5.41) is 0. The van der Waals surface area contributed by atoms with Crippen molar-refractivity contribution in [3.8, 4) is 0 Å². The summed E-state index contributed by atoms with van der Waals surface area (Å²) in [6, 6.07) is 19.4. The minimum absolute atomic E-state index is 0.121. The fourth-order valence-corrected chi connectivity index (χ4v) is 2.08. The van der Waals surface area contributed by atoms with Crippen LogP contribution in [0.3, 0.4) is 0 Å². The van der Waals surface area contributed by atoms with Crippen LogP contribution in [0.25, 0.3) is 0 Å². The molecule has 1 atom stereocenters. The summed E-state index contributed by atoms with van der Waals surface area (Å²) in [4.78, 5) is 10.6. The number of ether oxygens (including phenoxy) is 1. The van der Waals surface area contributed by atoms with Crippen molar-refractivity contribution in [3.63, 3.8) is 0 Å². The summed E-state index contributed by atoms with van der Waals surface area (Å²) in [5.41, 5.74) is 1.63. The van der Waals surface area contributed by atoms with E-state index in [0.29, 0.717) is 0 Å². The van der Waals surface area contributed by atoms with Crippen molar-refractivity contribution < 1.29 is 18.8 Å². The first kappa shape index (κ1) is 24.1. The molecule has 0 amide bonds. The molecule has 0 bridgehead atoms. The molecule has 0 spiro atoms. The Kier molecular flexibility index (Phi) is 9.60. The van der Waals surface area contributed by atoms with Gasteiger partial charge in [0.05, 0.1) is 17.3 Å². The summed E-state index contributed by atoms with van der Waals surface area (Å²) < 4.78 is 15.6. The molecule has 1 radical (unpaired) electrons. The van der Waals surface area contributed by atoms with E-state index >= 15 is 0 Å². The number of carbonyl (C=O) groups is 1. The molecule has 151 valence electrons. The normalized spacial score (nSPS) is 17.1. The molecule has 5 heteroatoms. The lowest BCUT2D eigenvalue weighted by Gasteiger charge is -2.32. The van der Waals surface area contributed by atoms with Crippen LogP contribution in [0, 0.1) is 0 Å². The molecule has 1 heterocycles. The quantitative estimate of drug-likeness (QED) is 0.525. The highest BCUT2D eigenvalue weighted by Gasteiger charge is 2.44. The van der Waals surface area contributed by atoms with E-state index in [2.05, 4.69) is 12.1 Å². The molecular weight excluding hydrogens is 351 g/mol. The highest BCUT2D eigenvalue weighted by molar-refractivity contribution is 6.19. The summed E-state index contributed by atoms with van der Waals surface area (Å²) in [5.74, 6) is 0.121. The van der Waals surface area contributed by atoms with Crippen molar-refractivity contribution in [2.45, 2.75) is 58.8 Å². The number of Topliss-reactive ketones (excluding diaryl/α,β-unsaturated/α-hetero) is 1. The summed E-state index contributed by atoms with van der Waals surface area (Å²) >= 11 is 0. The van der Waals surface area contributed by atoms with Gasteiger partial charge in [-0.15, -0.1) is 0 Å². The largest absolute Gasteiger partial charge is 0.488 e.